The summed E-state index contributed by atoms with van der Waals surface area (Å²) in [7, 11) is 0. The maximum atomic E-state index is 13.1. The first-order valence-corrected chi connectivity index (χ1v) is 10.3. The first kappa shape index (κ1) is 18.4. The van der Waals surface area contributed by atoms with Gasteiger partial charge in [0.25, 0.3) is 5.91 Å². The van der Waals surface area contributed by atoms with Crippen LogP contribution >= 0.6 is 0 Å². The Bertz CT molecular complexity index is 1110. The molecular formula is C25H22N2O3. The largest absolute Gasteiger partial charge is 0.457 e. The molecule has 2 aliphatic heterocycles. The van der Waals surface area contributed by atoms with Gasteiger partial charge in [0.1, 0.15) is 11.5 Å². The number of aryl methyl sites for hydroxylation is 2. The minimum absolute atomic E-state index is 0.201. The highest BCUT2D eigenvalue weighted by Gasteiger charge is 2.29. The molecule has 2 aliphatic rings. The van der Waals surface area contributed by atoms with Crippen LogP contribution in [0, 0.1) is 0 Å². The molecule has 1 N–H and O–H groups in total. The van der Waals surface area contributed by atoms with Crippen LogP contribution < -0.4 is 15.0 Å². The Labute approximate surface area is 175 Å². The highest BCUT2D eigenvalue weighted by molar-refractivity contribution is 6.07. The van der Waals surface area contributed by atoms with Crippen molar-refractivity contribution in [1.29, 1.82) is 0 Å². The van der Waals surface area contributed by atoms with Crippen molar-refractivity contribution in [2.24, 2.45) is 0 Å². The van der Waals surface area contributed by atoms with E-state index in [9.17, 15) is 9.59 Å². The summed E-state index contributed by atoms with van der Waals surface area (Å²) in [6, 6.07) is 20.7. The topological polar surface area (TPSA) is 58.6 Å². The molecule has 2 amide bonds. The van der Waals surface area contributed by atoms with Crippen molar-refractivity contribution >= 4 is 23.2 Å². The van der Waals surface area contributed by atoms with Gasteiger partial charge in [0.05, 0.1) is 11.3 Å². The molecule has 5 nitrogen and oxygen atoms in total. The molecule has 5 rings (SSSR count). The molecular weight excluding hydrogens is 376 g/mol. The molecule has 2 heterocycles. The van der Waals surface area contributed by atoms with Crippen LogP contribution in [0.25, 0.3) is 0 Å². The standard InChI is InChI=1S/C25H22N2O3/c28-23-13-12-18-16-19(15-17-7-6-14-27(23)24(17)18)26-25(29)21-10-4-5-11-22(21)30-20-8-2-1-3-9-20/h1-5,8-11,15-16H,6-7,12-14H2,(H,26,29). The molecule has 0 aliphatic carbocycles. The molecule has 0 spiro atoms. The quantitative estimate of drug-likeness (QED) is 0.676. The van der Waals surface area contributed by atoms with Crippen molar-refractivity contribution in [1.82, 2.24) is 0 Å². The van der Waals surface area contributed by atoms with E-state index in [-0.39, 0.29) is 11.8 Å². The molecule has 30 heavy (non-hydrogen) atoms. The first-order valence-electron chi connectivity index (χ1n) is 10.3. The average molecular weight is 398 g/mol. The third kappa shape index (κ3) is 3.43. The lowest BCUT2D eigenvalue weighted by atomic mass is 9.91. The van der Waals surface area contributed by atoms with Gasteiger partial charge in [-0.3, -0.25) is 9.59 Å². The number of amides is 2. The van der Waals surface area contributed by atoms with Gasteiger partial charge >= 0.3 is 0 Å². The van der Waals surface area contributed by atoms with E-state index in [2.05, 4.69) is 5.32 Å². The van der Waals surface area contributed by atoms with E-state index in [0.29, 0.717) is 23.5 Å². The highest BCUT2D eigenvalue weighted by Crippen LogP contribution is 2.38. The number of hydrogen-bond acceptors (Lipinski definition) is 3. The maximum absolute atomic E-state index is 13.1. The molecule has 5 heteroatoms. The highest BCUT2D eigenvalue weighted by atomic mass is 16.5. The van der Waals surface area contributed by atoms with E-state index in [1.807, 2.05) is 59.5 Å². The van der Waals surface area contributed by atoms with Crippen molar-refractivity contribution in [3.05, 3.63) is 83.4 Å². The second kappa shape index (κ2) is 7.67. The number of hydrogen-bond donors (Lipinski definition) is 1. The lowest BCUT2D eigenvalue weighted by Gasteiger charge is -2.35. The van der Waals surface area contributed by atoms with Gasteiger partial charge in [-0.05, 0) is 66.8 Å². The molecule has 0 saturated carbocycles. The number of anilines is 2. The molecule has 0 saturated heterocycles. The number of benzene rings is 3. The average Bonchev–Trinajstić information content (AvgIpc) is 2.77. The van der Waals surface area contributed by atoms with Gasteiger partial charge in [-0.25, -0.2) is 0 Å². The first-order chi connectivity index (χ1) is 14.7. The Morgan fingerprint density at radius 1 is 0.900 bits per heavy atom. The predicted octanol–water partition coefficient (Wildman–Crippen LogP) is 4.96. The molecule has 3 aromatic rings. The van der Waals surface area contributed by atoms with Crippen molar-refractivity contribution in [2.45, 2.75) is 25.7 Å². The summed E-state index contributed by atoms with van der Waals surface area (Å²) in [5, 5.41) is 3.04. The van der Waals surface area contributed by atoms with Crippen molar-refractivity contribution < 1.29 is 14.3 Å². The summed E-state index contributed by atoms with van der Waals surface area (Å²) >= 11 is 0. The van der Waals surface area contributed by atoms with Crippen LogP contribution in [-0.4, -0.2) is 18.4 Å². The fourth-order valence-corrected chi connectivity index (χ4v) is 4.28. The normalized spacial score (nSPS) is 14.8. The van der Waals surface area contributed by atoms with E-state index in [0.717, 1.165) is 48.3 Å². The number of nitrogens with one attached hydrogen (secondary N) is 1. The third-order valence-electron chi connectivity index (χ3n) is 5.64. The Kier molecular flexibility index (Phi) is 4.71. The van der Waals surface area contributed by atoms with Gasteiger partial charge in [0.2, 0.25) is 5.91 Å². The summed E-state index contributed by atoms with van der Waals surface area (Å²) in [5.74, 6) is 1.18. The number of rotatable bonds is 4. The Hall–Kier alpha value is -3.60. The van der Waals surface area contributed by atoms with E-state index < -0.39 is 0 Å². The van der Waals surface area contributed by atoms with Gasteiger partial charge in [-0.15, -0.1) is 0 Å². The number of carbonyl (C=O) groups is 2. The van der Waals surface area contributed by atoms with Crippen LogP contribution in [0.5, 0.6) is 11.5 Å². The smallest absolute Gasteiger partial charge is 0.259 e. The maximum Gasteiger partial charge on any atom is 0.259 e. The summed E-state index contributed by atoms with van der Waals surface area (Å²) in [6.07, 6.45) is 3.11. The summed E-state index contributed by atoms with van der Waals surface area (Å²) in [6.45, 7) is 0.786. The Balaban J connectivity index is 1.42. The second-order valence-electron chi connectivity index (χ2n) is 7.66. The van der Waals surface area contributed by atoms with Crippen LogP contribution in [0.3, 0.4) is 0 Å². The zero-order valence-electron chi connectivity index (χ0n) is 16.6. The lowest BCUT2D eigenvalue weighted by molar-refractivity contribution is -0.119. The Morgan fingerprint density at radius 2 is 1.63 bits per heavy atom. The molecule has 0 aromatic heterocycles. The Morgan fingerprint density at radius 3 is 2.47 bits per heavy atom. The third-order valence-corrected chi connectivity index (χ3v) is 5.64. The van der Waals surface area contributed by atoms with Crippen molar-refractivity contribution in [3.63, 3.8) is 0 Å². The summed E-state index contributed by atoms with van der Waals surface area (Å²) in [4.78, 5) is 27.2. The summed E-state index contributed by atoms with van der Waals surface area (Å²) in [5.41, 5.74) is 4.57. The lowest BCUT2D eigenvalue weighted by Crippen LogP contribution is -2.39. The van der Waals surface area contributed by atoms with Gasteiger partial charge in [0, 0.05) is 18.7 Å². The van der Waals surface area contributed by atoms with E-state index >= 15 is 0 Å². The van der Waals surface area contributed by atoms with Crippen LogP contribution in [0.2, 0.25) is 0 Å². The molecule has 0 atom stereocenters. The fourth-order valence-electron chi connectivity index (χ4n) is 4.28. The van der Waals surface area contributed by atoms with E-state index in [4.69, 9.17) is 4.74 Å². The van der Waals surface area contributed by atoms with E-state index in [1.165, 1.54) is 0 Å². The number of ether oxygens (including phenoxy) is 1. The van der Waals surface area contributed by atoms with Crippen LogP contribution in [0.4, 0.5) is 11.4 Å². The molecule has 3 aromatic carbocycles. The van der Waals surface area contributed by atoms with Crippen molar-refractivity contribution in [3.8, 4) is 11.5 Å². The molecule has 0 bridgehead atoms. The monoisotopic (exact) mass is 398 g/mol. The zero-order chi connectivity index (χ0) is 20.5. The molecule has 0 unspecified atom stereocenters. The predicted molar refractivity (Wildman–Crippen MR) is 116 cm³/mol. The van der Waals surface area contributed by atoms with E-state index in [1.54, 1.807) is 12.1 Å². The van der Waals surface area contributed by atoms with Crippen molar-refractivity contribution in [2.75, 3.05) is 16.8 Å². The van der Waals surface area contributed by atoms with Gasteiger partial charge in [-0.2, -0.15) is 0 Å². The second-order valence-corrected chi connectivity index (χ2v) is 7.66. The molecule has 0 fully saturated rings. The molecule has 0 radical (unpaired) electrons. The van der Waals surface area contributed by atoms with Gasteiger partial charge < -0.3 is 15.0 Å². The number of nitrogens with zero attached hydrogens (tertiary/aromatic N) is 1. The number of para-hydroxylation sites is 2. The summed E-state index contributed by atoms with van der Waals surface area (Å²) < 4.78 is 5.93. The van der Waals surface area contributed by atoms with Gasteiger partial charge in [-0.1, -0.05) is 30.3 Å². The zero-order valence-corrected chi connectivity index (χ0v) is 16.6. The molecule has 150 valence electrons. The minimum Gasteiger partial charge on any atom is -0.457 e. The van der Waals surface area contributed by atoms with Crippen LogP contribution in [-0.2, 0) is 17.6 Å². The number of carbonyl (C=O) groups excluding carboxylic acids is 2. The van der Waals surface area contributed by atoms with Gasteiger partial charge in [0.15, 0.2) is 0 Å². The minimum atomic E-state index is -0.215. The van der Waals surface area contributed by atoms with Crippen LogP contribution in [0.15, 0.2) is 66.7 Å². The fraction of sp³-hybridized carbons (Fsp3) is 0.200. The van der Waals surface area contributed by atoms with Crippen LogP contribution in [0.1, 0.15) is 34.3 Å². The SMILES string of the molecule is O=C(Nc1cc2c3c(c1)CCC(=O)N3CCC2)c1ccccc1Oc1ccccc1.